The van der Waals surface area contributed by atoms with Crippen LogP contribution < -0.4 is 4.72 Å². The molecule has 114 valence electrons. The van der Waals surface area contributed by atoms with Gasteiger partial charge in [0.05, 0.1) is 0 Å². The van der Waals surface area contributed by atoms with Crippen LogP contribution in [0.1, 0.15) is 24.9 Å². The molecule has 1 aliphatic heterocycles. The Morgan fingerprint density at radius 3 is 2.80 bits per heavy atom. The molecule has 1 aromatic rings. The van der Waals surface area contributed by atoms with E-state index in [0.717, 1.165) is 19.5 Å². The molecule has 1 fully saturated rings. The van der Waals surface area contributed by atoms with Gasteiger partial charge in [0, 0.05) is 18.7 Å². The second kappa shape index (κ2) is 5.85. The van der Waals surface area contributed by atoms with Crippen LogP contribution in [0.3, 0.4) is 0 Å². The molecule has 0 amide bonds. The van der Waals surface area contributed by atoms with Gasteiger partial charge in [0.2, 0.25) is 10.0 Å². The van der Waals surface area contributed by atoms with E-state index in [1.165, 1.54) is 6.07 Å². The van der Waals surface area contributed by atoms with Crippen molar-refractivity contribution >= 4 is 10.0 Å². The Balaban J connectivity index is 2.16. The third kappa shape index (κ3) is 3.22. The Bertz CT molecular complexity index is 567. The number of rotatable bonds is 4. The summed E-state index contributed by atoms with van der Waals surface area (Å²) < 4.78 is 32.8. The quantitative estimate of drug-likeness (QED) is 0.855. The lowest BCUT2D eigenvalue weighted by atomic mass is 9.95. The van der Waals surface area contributed by atoms with E-state index < -0.39 is 10.0 Å². The summed E-state index contributed by atoms with van der Waals surface area (Å²) in [4.78, 5) is 2.32. The van der Waals surface area contributed by atoms with Crippen LogP contribution in [0.15, 0.2) is 15.4 Å². The van der Waals surface area contributed by atoms with Crippen molar-refractivity contribution in [3.05, 3.63) is 17.6 Å². The molecular formula is C13H22N2O4S. The highest BCUT2D eigenvalue weighted by Gasteiger charge is 2.30. The van der Waals surface area contributed by atoms with E-state index >= 15 is 0 Å². The molecule has 7 heteroatoms. The average molecular weight is 302 g/mol. The number of aliphatic hydroxyl groups excluding tert-OH is 1. The summed E-state index contributed by atoms with van der Waals surface area (Å²) in [5.74, 6) is 0.828. The molecule has 2 N–H and O–H groups in total. The molecule has 0 bridgehead atoms. The van der Waals surface area contributed by atoms with Crippen LogP contribution in [0.4, 0.5) is 0 Å². The molecule has 1 aliphatic rings. The minimum absolute atomic E-state index is 0.0666. The minimum Gasteiger partial charge on any atom is -0.462 e. The van der Waals surface area contributed by atoms with E-state index in [0.29, 0.717) is 5.76 Å². The number of aryl methyl sites for hydroxylation is 1. The number of aliphatic hydroxyl groups is 1. The first-order valence-electron chi connectivity index (χ1n) is 6.74. The highest BCUT2D eigenvalue weighted by Crippen LogP contribution is 2.23. The zero-order chi connectivity index (χ0) is 14.9. The molecule has 20 heavy (non-hydrogen) atoms. The summed E-state index contributed by atoms with van der Waals surface area (Å²) in [7, 11) is -1.57. The van der Waals surface area contributed by atoms with Gasteiger partial charge in [0.15, 0.2) is 0 Å². The summed E-state index contributed by atoms with van der Waals surface area (Å²) in [5, 5.41) is 9.02. The SMILES string of the molecule is Cc1oc(CO)cc1S(=O)(=O)NC1CCN(C)CC1C. The summed E-state index contributed by atoms with van der Waals surface area (Å²) in [6, 6.07) is 1.32. The smallest absolute Gasteiger partial charge is 0.244 e. The van der Waals surface area contributed by atoms with Crippen LogP contribution in [-0.2, 0) is 16.6 Å². The summed E-state index contributed by atoms with van der Waals surface area (Å²) >= 11 is 0. The molecule has 6 nitrogen and oxygen atoms in total. The monoisotopic (exact) mass is 302 g/mol. The summed E-state index contributed by atoms with van der Waals surface area (Å²) in [6.45, 7) is 5.08. The van der Waals surface area contributed by atoms with Crippen molar-refractivity contribution in [3.63, 3.8) is 0 Å². The molecule has 0 aliphatic carbocycles. The molecule has 2 rings (SSSR count). The van der Waals surface area contributed by atoms with Crippen molar-refractivity contribution in [3.8, 4) is 0 Å². The molecule has 2 atom stereocenters. The number of hydrogen-bond acceptors (Lipinski definition) is 5. The maximum atomic E-state index is 12.4. The van der Waals surface area contributed by atoms with Crippen LogP contribution in [0.25, 0.3) is 0 Å². The van der Waals surface area contributed by atoms with Gasteiger partial charge in [-0.2, -0.15) is 0 Å². The first-order valence-corrected chi connectivity index (χ1v) is 8.23. The Morgan fingerprint density at radius 2 is 2.25 bits per heavy atom. The van der Waals surface area contributed by atoms with Gasteiger partial charge in [-0.25, -0.2) is 13.1 Å². The van der Waals surface area contributed by atoms with E-state index in [4.69, 9.17) is 9.52 Å². The third-order valence-corrected chi connectivity index (χ3v) is 5.38. The lowest BCUT2D eigenvalue weighted by Gasteiger charge is -2.34. The molecular weight excluding hydrogens is 280 g/mol. The van der Waals surface area contributed by atoms with Crippen molar-refractivity contribution in [1.29, 1.82) is 0 Å². The first kappa shape index (κ1) is 15.5. The first-order chi connectivity index (χ1) is 9.33. The maximum Gasteiger partial charge on any atom is 0.244 e. The van der Waals surface area contributed by atoms with Crippen molar-refractivity contribution in [2.45, 2.75) is 37.8 Å². The zero-order valence-electron chi connectivity index (χ0n) is 12.1. The summed E-state index contributed by atoms with van der Waals surface area (Å²) in [5.41, 5.74) is 0. The number of sulfonamides is 1. The lowest BCUT2D eigenvalue weighted by Crippen LogP contribution is -2.48. The molecule has 2 heterocycles. The number of likely N-dealkylation sites (tertiary alicyclic amines) is 1. The van der Waals surface area contributed by atoms with Gasteiger partial charge in [0.25, 0.3) is 0 Å². The van der Waals surface area contributed by atoms with Crippen molar-refractivity contribution in [2.24, 2.45) is 5.92 Å². The zero-order valence-corrected chi connectivity index (χ0v) is 12.9. The van der Waals surface area contributed by atoms with Gasteiger partial charge in [-0.05, 0) is 32.9 Å². The van der Waals surface area contributed by atoms with E-state index in [1.807, 2.05) is 14.0 Å². The van der Waals surface area contributed by atoms with Crippen molar-refractivity contribution < 1.29 is 17.9 Å². The Morgan fingerprint density at radius 1 is 1.55 bits per heavy atom. The fourth-order valence-electron chi connectivity index (χ4n) is 2.66. The van der Waals surface area contributed by atoms with Gasteiger partial charge in [-0.3, -0.25) is 0 Å². The fourth-order valence-corrected chi connectivity index (χ4v) is 4.24. The molecule has 0 spiro atoms. The minimum atomic E-state index is -3.60. The third-order valence-electron chi connectivity index (χ3n) is 3.78. The number of piperidine rings is 1. The number of furan rings is 1. The second-order valence-electron chi connectivity index (χ2n) is 5.55. The van der Waals surface area contributed by atoms with Crippen LogP contribution in [0, 0.1) is 12.8 Å². The Hall–Kier alpha value is -0.890. The normalized spacial score (nSPS) is 25.0. The molecule has 0 saturated carbocycles. The summed E-state index contributed by atoms with van der Waals surface area (Å²) in [6.07, 6.45) is 0.792. The van der Waals surface area contributed by atoms with E-state index in [9.17, 15) is 8.42 Å². The van der Waals surface area contributed by atoms with Crippen LogP contribution >= 0.6 is 0 Å². The van der Waals surface area contributed by atoms with Gasteiger partial charge >= 0.3 is 0 Å². The van der Waals surface area contributed by atoms with E-state index in [1.54, 1.807) is 6.92 Å². The standard InChI is InChI=1S/C13H22N2O4S/c1-9-7-15(3)5-4-12(9)14-20(17,18)13-6-11(8-16)19-10(13)2/h6,9,12,14,16H,4-5,7-8H2,1-3H3. The van der Waals surface area contributed by atoms with Crippen molar-refractivity contribution in [1.82, 2.24) is 9.62 Å². The predicted octanol–water partition coefficient (Wildman–Crippen LogP) is 0.699. The lowest BCUT2D eigenvalue weighted by molar-refractivity contribution is 0.188. The largest absolute Gasteiger partial charge is 0.462 e. The van der Waals surface area contributed by atoms with Crippen LogP contribution in [0.5, 0.6) is 0 Å². The topological polar surface area (TPSA) is 82.8 Å². The highest BCUT2D eigenvalue weighted by molar-refractivity contribution is 7.89. The predicted molar refractivity (Wildman–Crippen MR) is 74.8 cm³/mol. The molecule has 1 aromatic heterocycles. The van der Waals surface area contributed by atoms with Crippen LogP contribution in [-0.4, -0.2) is 44.6 Å². The number of hydrogen-bond donors (Lipinski definition) is 2. The van der Waals surface area contributed by atoms with Crippen LogP contribution in [0.2, 0.25) is 0 Å². The van der Waals surface area contributed by atoms with E-state index in [2.05, 4.69) is 9.62 Å². The molecule has 0 aromatic carbocycles. The Labute approximate surface area is 119 Å². The van der Waals surface area contributed by atoms with Gasteiger partial charge in [0.1, 0.15) is 23.0 Å². The highest BCUT2D eigenvalue weighted by atomic mass is 32.2. The van der Waals surface area contributed by atoms with E-state index in [-0.39, 0.29) is 29.2 Å². The second-order valence-corrected chi connectivity index (χ2v) is 7.23. The van der Waals surface area contributed by atoms with Crippen molar-refractivity contribution in [2.75, 3.05) is 20.1 Å². The molecule has 0 radical (unpaired) electrons. The maximum absolute atomic E-state index is 12.4. The van der Waals surface area contributed by atoms with Gasteiger partial charge < -0.3 is 14.4 Å². The fraction of sp³-hybridized carbons (Fsp3) is 0.692. The van der Waals surface area contributed by atoms with Gasteiger partial charge in [-0.15, -0.1) is 0 Å². The average Bonchev–Trinajstić information content (AvgIpc) is 2.75. The Kier molecular flexibility index (Phi) is 4.53. The number of nitrogens with one attached hydrogen (secondary N) is 1. The van der Waals surface area contributed by atoms with Gasteiger partial charge in [-0.1, -0.05) is 6.92 Å². The molecule has 1 saturated heterocycles. The molecule has 2 unspecified atom stereocenters. The number of nitrogens with zero attached hydrogens (tertiary/aromatic N) is 1.